The van der Waals surface area contributed by atoms with Gasteiger partial charge < -0.3 is 19.8 Å². The Hall–Kier alpha value is -2.97. The van der Waals surface area contributed by atoms with E-state index >= 15 is 0 Å². The molecule has 42 heavy (non-hydrogen) atoms. The fourth-order valence-electron chi connectivity index (χ4n) is 8.22. The van der Waals surface area contributed by atoms with Crippen LogP contribution in [0.5, 0.6) is 11.5 Å². The van der Waals surface area contributed by atoms with E-state index in [1.165, 1.54) is 16.7 Å². The van der Waals surface area contributed by atoms with Crippen molar-refractivity contribution in [2.75, 3.05) is 20.2 Å². The number of hydrogen-bond acceptors (Lipinski definition) is 4. The molecule has 5 heteroatoms. The molecule has 3 aliphatic carbocycles. The highest BCUT2D eigenvalue weighted by Crippen LogP contribution is 2.65. The number of phenols is 1. The first-order chi connectivity index (χ1) is 20.3. The van der Waals surface area contributed by atoms with E-state index in [1.54, 1.807) is 4.90 Å². The Morgan fingerprint density at radius 1 is 1.07 bits per heavy atom. The molecule has 226 valence electrons. The summed E-state index contributed by atoms with van der Waals surface area (Å²) in [6.07, 6.45) is 10.7. The first-order valence-electron chi connectivity index (χ1n) is 16.3. The molecule has 3 aliphatic rings. The van der Waals surface area contributed by atoms with Crippen LogP contribution in [0, 0.1) is 29.1 Å². The Kier molecular flexibility index (Phi) is 9.84. The van der Waals surface area contributed by atoms with Crippen molar-refractivity contribution in [2.45, 2.75) is 102 Å². The highest BCUT2D eigenvalue weighted by Gasteiger charge is 2.57. The van der Waals surface area contributed by atoms with E-state index in [-0.39, 0.29) is 17.4 Å². The van der Waals surface area contributed by atoms with Crippen molar-refractivity contribution in [3.63, 3.8) is 0 Å². The lowest BCUT2D eigenvalue weighted by Crippen LogP contribution is -2.47. The van der Waals surface area contributed by atoms with Gasteiger partial charge in [-0.15, -0.1) is 0 Å². The molecule has 0 saturated heterocycles. The maximum absolute atomic E-state index is 12.0. The van der Waals surface area contributed by atoms with Crippen LogP contribution in [0.4, 0.5) is 0 Å². The van der Waals surface area contributed by atoms with Gasteiger partial charge in [-0.3, -0.25) is 4.79 Å². The number of aryl methyl sites for hydroxylation is 1. The second kappa shape index (κ2) is 13.6. The summed E-state index contributed by atoms with van der Waals surface area (Å²) in [7, 11) is 1.82. The number of amides is 1. The average molecular weight is 572 g/mol. The number of aliphatic hydroxyl groups is 1. The van der Waals surface area contributed by atoms with Gasteiger partial charge in [0, 0.05) is 20.0 Å². The lowest BCUT2D eigenvalue weighted by atomic mass is 9.51. The van der Waals surface area contributed by atoms with Gasteiger partial charge in [0.05, 0.1) is 12.7 Å². The van der Waals surface area contributed by atoms with Crippen molar-refractivity contribution in [1.29, 1.82) is 0 Å². The van der Waals surface area contributed by atoms with Crippen LogP contribution in [0.25, 0.3) is 0 Å². The van der Waals surface area contributed by atoms with Crippen LogP contribution >= 0.6 is 0 Å². The number of aromatic hydroxyl groups is 1. The van der Waals surface area contributed by atoms with Gasteiger partial charge in [-0.25, -0.2) is 0 Å². The normalized spacial score (nSPS) is 27.7. The van der Waals surface area contributed by atoms with Crippen molar-refractivity contribution in [3.8, 4) is 23.3 Å². The molecule has 0 heterocycles. The largest absolute Gasteiger partial charge is 0.508 e. The summed E-state index contributed by atoms with van der Waals surface area (Å²) in [6, 6.07) is 14.7. The van der Waals surface area contributed by atoms with Gasteiger partial charge in [-0.2, -0.15) is 0 Å². The van der Waals surface area contributed by atoms with Gasteiger partial charge in [0.1, 0.15) is 11.5 Å². The predicted octanol–water partition coefficient (Wildman–Crippen LogP) is 7.20. The molecule has 5 nitrogen and oxygen atoms in total. The van der Waals surface area contributed by atoms with Gasteiger partial charge in [0.15, 0.2) is 0 Å². The third-order valence-corrected chi connectivity index (χ3v) is 10.6. The van der Waals surface area contributed by atoms with E-state index in [0.29, 0.717) is 36.0 Å². The smallest absolute Gasteiger partial charge is 0.298 e. The van der Waals surface area contributed by atoms with Crippen molar-refractivity contribution < 1.29 is 19.7 Å². The zero-order valence-corrected chi connectivity index (χ0v) is 25.8. The third-order valence-electron chi connectivity index (χ3n) is 10.6. The molecule has 1 amide bonds. The summed E-state index contributed by atoms with van der Waals surface area (Å²) in [6.45, 7) is 5.89. The molecule has 0 bridgehead atoms. The molecule has 0 radical (unpaired) electrons. The average Bonchev–Trinajstić information content (AvgIpc) is 3.30. The molecule has 2 saturated carbocycles. The number of ether oxygens (including phenoxy) is 1. The number of aliphatic hydroxyl groups excluding tert-OH is 1. The van der Waals surface area contributed by atoms with Crippen LogP contribution in [-0.4, -0.2) is 47.3 Å². The summed E-state index contributed by atoms with van der Waals surface area (Å²) >= 11 is 0. The SMILES string of the molecule is CCCCN(C)C(=O)C#CCCCCCOc1ccc([C@H]2C[C@@]3(C)C(CC[C@@H]3O)C3CCc4cc(O)ccc4C32)cc1. The third kappa shape index (κ3) is 6.50. The Bertz CT molecular complexity index is 1280. The molecule has 2 aromatic carbocycles. The highest BCUT2D eigenvalue weighted by molar-refractivity contribution is 5.93. The minimum Gasteiger partial charge on any atom is -0.508 e. The van der Waals surface area contributed by atoms with E-state index in [0.717, 1.165) is 82.9 Å². The molecule has 3 unspecified atom stereocenters. The zero-order valence-electron chi connectivity index (χ0n) is 25.8. The Labute approximate surface area is 252 Å². The zero-order chi connectivity index (χ0) is 29.7. The van der Waals surface area contributed by atoms with E-state index in [1.807, 2.05) is 19.2 Å². The first-order valence-corrected chi connectivity index (χ1v) is 16.3. The van der Waals surface area contributed by atoms with Crippen LogP contribution in [0.2, 0.25) is 0 Å². The fourth-order valence-corrected chi connectivity index (χ4v) is 8.22. The van der Waals surface area contributed by atoms with E-state index in [4.69, 9.17) is 4.74 Å². The Balaban J connectivity index is 1.16. The van der Waals surface area contributed by atoms with Gasteiger partial charge >= 0.3 is 0 Å². The second-order valence-electron chi connectivity index (χ2n) is 13.2. The molecular weight excluding hydrogens is 522 g/mol. The van der Waals surface area contributed by atoms with Gasteiger partial charge in [-0.05, 0) is 134 Å². The number of fused-ring (bicyclic) bond motifs is 5. The molecule has 0 spiro atoms. The monoisotopic (exact) mass is 571 g/mol. The van der Waals surface area contributed by atoms with E-state index in [9.17, 15) is 15.0 Å². The summed E-state index contributed by atoms with van der Waals surface area (Å²) < 4.78 is 6.08. The summed E-state index contributed by atoms with van der Waals surface area (Å²) in [4.78, 5) is 13.7. The van der Waals surface area contributed by atoms with Crippen LogP contribution in [0.15, 0.2) is 42.5 Å². The van der Waals surface area contributed by atoms with Gasteiger partial charge in [-0.1, -0.05) is 44.4 Å². The van der Waals surface area contributed by atoms with Gasteiger partial charge in [0.2, 0.25) is 0 Å². The predicted molar refractivity (Wildman–Crippen MR) is 168 cm³/mol. The number of hydrogen-bond donors (Lipinski definition) is 2. The van der Waals surface area contributed by atoms with Gasteiger partial charge in [0.25, 0.3) is 5.91 Å². The standard InChI is InChI=1S/C37H49NO4/c1-4-5-22-38(3)35(41)11-9-7-6-8-10-23-42-29-16-12-26(13-17-29)32-25-37(2)33(20-21-34(37)40)31-18-14-27-24-28(39)15-19-30(27)36(31)32/h12-13,15-17,19,24,31-34,36,39-40H,4-8,10,14,18,20-23,25H2,1-3H3/t31?,32-,33?,34+,36?,37+/m1/s1. The summed E-state index contributed by atoms with van der Waals surface area (Å²) in [5.74, 6) is 8.82. The maximum atomic E-state index is 12.0. The lowest BCUT2D eigenvalue weighted by Gasteiger charge is -2.54. The summed E-state index contributed by atoms with van der Waals surface area (Å²) in [5.41, 5.74) is 3.97. The van der Waals surface area contributed by atoms with Crippen molar-refractivity contribution in [1.82, 2.24) is 4.90 Å². The molecule has 2 aromatic rings. The number of nitrogens with zero attached hydrogens (tertiary/aromatic N) is 1. The summed E-state index contributed by atoms with van der Waals surface area (Å²) in [5, 5.41) is 21.3. The number of carbonyl (C=O) groups excluding carboxylic acids is 1. The maximum Gasteiger partial charge on any atom is 0.298 e. The molecule has 0 aromatic heterocycles. The van der Waals surface area contributed by atoms with E-state index in [2.05, 4.69) is 56.0 Å². The number of unbranched alkanes of at least 4 members (excludes halogenated alkanes) is 4. The van der Waals surface area contributed by atoms with Crippen LogP contribution in [-0.2, 0) is 11.2 Å². The number of phenolic OH excluding ortho intramolecular Hbond substituents is 1. The molecule has 6 atom stereocenters. The lowest BCUT2D eigenvalue weighted by molar-refractivity contribution is -0.123. The van der Waals surface area contributed by atoms with E-state index < -0.39 is 0 Å². The van der Waals surface area contributed by atoms with Crippen molar-refractivity contribution >= 4 is 5.91 Å². The molecular formula is C37H49NO4. The molecule has 5 rings (SSSR count). The second-order valence-corrected chi connectivity index (χ2v) is 13.2. The minimum atomic E-state index is -0.228. The van der Waals surface area contributed by atoms with Crippen molar-refractivity contribution in [3.05, 3.63) is 59.2 Å². The quantitative estimate of drug-likeness (QED) is 0.234. The van der Waals surface area contributed by atoms with Crippen LogP contribution in [0.3, 0.4) is 0 Å². The molecule has 2 N–H and O–H groups in total. The van der Waals surface area contributed by atoms with Crippen LogP contribution < -0.4 is 4.74 Å². The Morgan fingerprint density at radius 3 is 2.67 bits per heavy atom. The highest BCUT2D eigenvalue weighted by atomic mass is 16.5. The first kappa shape index (κ1) is 30.5. The molecule has 2 fully saturated rings. The van der Waals surface area contributed by atoms with Crippen molar-refractivity contribution in [2.24, 2.45) is 17.3 Å². The molecule has 0 aliphatic heterocycles. The topological polar surface area (TPSA) is 70.0 Å². The van der Waals surface area contributed by atoms with Crippen LogP contribution in [0.1, 0.15) is 107 Å². The number of rotatable bonds is 10. The number of benzene rings is 2. The fraction of sp³-hybridized carbons (Fsp3) is 0.595. The Morgan fingerprint density at radius 2 is 1.88 bits per heavy atom. The minimum absolute atomic E-state index is 0.0436. The number of carbonyl (C=O) groups is 1.